The van der Waals surface area contributed by atoms with Crippen LogP contribution < -0.4 is 4.90 Å². The molecule has 0 unspecified atom stereocenters. The minimum atomic E-state index is -0.291. The van der Waals surface area contributed by atoms with E-state index in [0.29, 0.717) is 11.3 Å². The fraction of sp³-hybridized carbons (Fsp3) is 0.118. The van der Waals surface area contributed by atoms with Crippen molar-refractivity contribution in [2.45, 2.75) is 0 Å². The molecule has 106 valence electrons. The zero-order valence-electron chi connectivity index (χ0n) is 11.9. The lowest BCUT2D eigenvalue weighted by molar-refractivity contribution is 0.434. The summed E-state index contributed by atoms with van der Waals surface area (Å²) >= 11 is 0. The van der Waals surface area contributed by atoms with Crippen molar-refractivity contribution in [2.24, 2.45) is 0 Å². The highest BCUT2D eigenvalue weighted by Gasteiger charge is 2.09. The van der Waals surface area contributed by atoms with E-state index in [4.69, 9.17) is 4.52 Å². The number of hydrogen-bond acceptors (Lipinski definition) is 3. The Morgan fingerprint density at radius 2 is 1.71 bits per heavy atom. The summed E-state index contributed by atoms with van der Waals surface area (Å²) in [6, 6.07) is 16.1. The summed E-state index contributed by atoms with van der Waals surface area (Å²) in [4.78, 5) is 2.03. The number of anilines is 1. The molecule has 4 heteroatoms. The quantitative estimate of drug-likeness (QED) is 0.720. The Kier molecular flexibility index (Phi) is 3.44. The average Bonchev–Trinajstić information content (AvgIpc) is 2.97. The van der Waals surface area contributed by atoms with Crippen molar-refractivity contribution in [1.82, 2.24) is 5.16 Å². The van der Waals surface area contributed by atoms with Crippen LogP contribution in [0.4, 0.5) is 10.1 Å². The first-order chi connectivity index (χ1) is 10.1. The first-order valence-corrected chi connectivity index (χ1v) is 6.64. The van der Waals surface area contributed by atoms with Crippen LogP contribution in [0.2, 0.25) is 0 Å². The van der Waals surface area contributed by atoms with Crippen molar-refractivity contribution >= 4 is 5.69 Å². The molecule has 1 heterocycles. The van der Waals surface area contributed by atoms with Gasteiger partial charge in [0.25, 0.3) is 0 Å². The zero-order valence-corrected chi connectivity index (χ0v) is 11.9. The van der Waals surface area contributed by atoms with Crippen LogP contribution in [0, 0.1) is 5.82 Å². The molecule has 0 aliphatic carbocycles. The molecule has 0 saturated heterocycles. The van der Waals surface area contributed by atoms with Gasteiger partial charge in [0.2, 0.25) is 0 Å². The maximum absolute atomic E-state index is 13.2. The van der Waals surface area contributed by atoms with E-state index >= 15 is 0 Å². The summed E-state index contributed by atoms with van der Waals surface area (Å²) < 4.78 is 18.5. The number of rotatable bonds is 3. The van der Waals surface area contributed by atoms with E-state index in [-0.39, 0.29) is 5.82 Å². The van der Waals surface area contributed by atoms with E-state index in [2.05, 4.69) is 5.16 Å². The fourth-order valence-electron chi connectivity index (χ4n) is 2.12. The molecule has 0 aliphatic rings. The molecule has 0 atom stereocenters. The molecule has 1 aromatic heterocycles. The van der Waals surface area contributed by atoms with E-state index < -0.39 is 0 Å². The lowest BCUT2D eigenvalue weighted by atomic mass is 10.1. The molecule has 0 spiro atoms. The van der Waals surface area contributed by atoms with Crippen LogP contribution in [0.25, 0.3) is 22.6 Å². The third-order valence-electron chi connectivity index (χ3n) is 3.30. The molecule has 0 aliphatic heterocycles. The Hall–Kier alpha value is -2.62. The second kappa shape index (κ2) is 5.40. The lowest BCUT2D eigenvalue weighted by Gasteiger charge is -2.11. The third kappa shape index (κ3) is 2.79. The second-order valence-corrected chi connectivity index (χ2v) is 5.03. The molecule has 0 fully saturated rings. The van der Waals surface area contributed by atoms with Gasteiger partial charge in [-0.1, -0.05) is 29.4 Å². The molecule has 0 saturated carbocycles. The summed E-state index contributed by atoms with van der Waals surface area (Å²) in [6.45, 7) is 0. The Labute approximate surface area is 122 Å². The molecular formula is C17H15FN2O. The van der Waals surface area contributed by atoms with Gasteiger partial charge in [-0.3, -0.25) is 0 Å². The summed E-state index contributed by atoms with van der Waals surface area (Å²) in [5.74, 6) is 0.266. The monoisotopic (exact) mass is 282 g/mol. The van der Waals surface area contributed by atoms with Crippen molar-refractivity contribution in [3.8, 4) is 22.6 Å². The predicted molar refractivity (Wildman–Crippen MR) is 81.7 cm³/mol. The van der Waals surface area contributed by atoms with Crippen LogP contribution >= 0.6 is 0 Å². The van der Waals surface area contributed by atoms with Gasteiger partial charge in [-0.05, 0) is 24.3 Å². The predicted octanol–water partition coefficient (Wildman–Crippen LogP) is 4.21. The van der Waals surface area contributed by atoms with Gasteiger partial charge < -0.3 is 9.42 Å². The topological polar surface area (TPSA) is 29.3 Å². The zero-order chi connectivity index (χ0) is 14.8. The van der Waals surface area contributed by atoms with Crippen molar-refractivity contribution in [2.75, 3.05) is 19.0 Å². The number of aromatic nitrogens is 1. The van der Waals surface area contributed by atoms with Gasteiger partial charge >= 0.3 is 0 Å². The van der Waals surface area contributed by atoms with Crippen molar-refractivity contribution in [3.05, 3.63) is 60.4 Å². The smallest absolute Gasteiger partial charge is 0.167 e. The average molecular weight is 282 g/mol. The summed E-state index contributed by atoms with van der Waals surface area (Å²) in [5.41, 5.74) is 3.50. The van der Waals surface area contributed by atoms with Gasteiger partial charge in [0.05, 0.1) is 0 Å². The summed E-state index contributed by atoms with van der Waals surface area (Å²) in [7, 11) is 3.99. The molecular weight excluding hydrogens is 267 g/mol. The van der Waals surface area contributed by atoms with E-state index in [9.17, 15) is 4.39 Å². The van der Waals surface area contributed by atoms with Gasteiger partial charge in [0.15, 0.2) is 5.76 Å². The molecule has 0 amide bonds. The second-order valence-electron chi connectivity index (χ2n) is 5.03. The minimum Gasteiger partial charge on any atom is -0.378 e. The number of nitrogens with zero attached hydrogens (tertiary/aromatic N) is 2. The number of hydrogen-bond donors (Lipinski definition) is 0. The first-order valence-electron chi connectivity index (χ1n) is 6.64. The van der Waals surface area contributed by atoms with Crippen LogP contribution in [0.15, 0.2) is 59.1 Å². The van der Waals surface area contributed by atoms with Gasteiger partial charge in [-0.15, -0.1) is 0 Å². The summed E-state index contributed by atoms with van der Waals surface area (Å²) in [6.07, 6.45) is 0. The Morgan fingerprint density at radius 3 is 2.38 bits per heavy atom. The number of halogens is 1. The normalized spacial score (nSPS) is 10.6. The van der Waals surface area contributed by atoms with Crippen LogP contribution in [0.1, 0.15) is 0 Å². The fourth-order valence-corrected chi connectivity index (χ4v) is 2.12. The molecule has 3 aromatic rings. The van der Waals surface area contributed by atoms with Crippen molar-refractivity contribution in [3.63, 3.8) is 0 Å². The largest absolute Gasteiger partial charge is 0.378 e. The lowest BCUT2D eigenvalue weighted by Crippen LogP contribution is -2.07. The van der Waals surface area contributed by atoms with E-state index in [1.165, 1.54) is 12.1 Å². The highest BCUT2D eigenvalue weighted by atomic mass is 19.1. The minimum absolute atomic E-state index is 0.291. The van der Waals surface area contributed by atoms with Gasteiger partial charge in [0.1, 0.15) is 11.5 Å². The Bertz CT molecular complexity index is 747. The number of benzene rings is 2. The maximum atomic E-state index is 13.2. The van der Waals surface area contributed by atoms with E-state index in [1.807, 2.05) is 49.3 Å². The Balaban J connectivity index is 1.91. The highest BCUT2D eigenvalue weighted by Crippen LogP contribution is 2.27. The van der Waals surface area contributed by atoms with E-state index in [0.717, 1.165) is 16.9 Å². The molecule has 3 nitrogen and oxygen atoms in total. The van der Waals surface area contributed by atoms with Crippen molar-refractivity contribution in [1.29, 1.82) is 0 Å². The molecule has 0 bridgehead atoms. The SMILES string of the molecule is CN(C)c1ccc(-c2cc(-c3cccc(F)c3)on2)cc1. The van der Waals surface area contributed by atoms with Gasteiger partial charge in [-0.25, -0.2) is 4.39 Å². The molecule has 0 N–H and O–H groups in total. The van der Waals surface area contributed by atoms with Crippen LogP contribution in [-0.2, 0) is 0 Å². The summed E-state index contributed by atoms with van der Waals surface area (Å²) in [5, 5.41) is 4.06. The van der Waals surface area contributed by atoms with Crippen LogP contribution in [-0.4, -0.2) is 19.3 Å². The van der Waals surface area contributed by atoms with E-state index in [1.54, 1.807) is 12.1 Å². The maximum Gasteiger partial charge on any atom is 0.167 e. The van der Waals surface area contributed by atoms with Gasteiger partial charge in [0, 0.05) is 37.0 Å². The highest BCUT2D eigenvalue weighted by molar-refractivity contribution is 5.68. The molecule has 0 radical (unpaired) electrons. The Morgan fingerprint density at radius 1 is 0.952 bits per heavy atom. The molecule has 21 heavy (non-hydrogen) atoms. The van der Waals surface area contributed by atoms with Crippen molar-refractivity contribution < 1.29 is 8.91 Å². The van der Waals surface area contributed by atoms with Crippen LogP contribution in [0.5, 0.6) is 0 Å². The standard InChI is InChI=1S/C17H15FN2O/c1-20(2)15-8-6-12(7-9-15)16-11-17(21-19-16)13-4-3-5-14(18)10-13/h3-11H,1-2H3. The molecule has 2 aromatic carbocycles. The third-order valence-corrected chi connectivity index (χ3v) is 3.30. The molecule has 3 rings (SSSR count). The van der Waals surface area contributed by atoms with Crippen LogP contribution in [0.3, 0.4) is 0 Å². The van der Waals surface area contributed by atoms with Gasteiger partial charge in [-0.2, -0.15) is 0 Å². The first kappa shape index (κ1) is 13.4.